The van der Waals surface area contributed by atoms with Gasteiger partial charge in [-0.1, -0.05) is 24.3 Å². The van der Waals surface area contributed by atoms with Gasteiger partial charge in [-0.05, 0) is 44.5 Å². The Bertz CT molecular complexity index is 1190. The van der Waals surface area contributed by atoms with Gasteiger partial charge in [-0.3, -0.25) is 4.99 Å². The van der Waals surface area contributed by atoms with Crippen LogP contribution in [0, 0.1) is 20.8 Å². The molecule has 0 aliphatic heterocycles. The minimum atomic E-state index is 0. The van der Waals surface area contributed by atoms with Gasteiger partial charge in [-0.15, -0.1) is 24.0 Å². The number of aryl methyl sites for hydroxylation is 3. The van der Waals surface area contributed by atoms with Gasteiger partial charge in [0.2, 0.25) is 0 Å². The van der Waals surface area contributed by atoms with E-state index in [1.807, 2.05) is 61.1 Å². The first kappa shape index (κ1) is 22.8. The molecular weight excluding hydrogens is 503 g/mol. The van der Waals surface area contributed by atoms with Gasteiger partial charge in [0.15, 0.2) is 11.8 Å². The van der Waals surface area contributed by atoms with Crippen molar-refractivity contribution in [3.63, 3.8) is 0 Å². The summed E-state index contributed by atoms with van der Waals surface area (Å²) in [6.45, 7) is 7.26. The van der Waals surface area contributed by atoms with Crippen LogP contribution in [-0.4, -0.2) is 27.8 Å². The van der Waals surface area contributed by atoms with Crippen molar-refractivity contribution in [2.45, 2.75) is 33.9 Å². The molecule has 1 aromatic carbocycles. The van der Waals surface area contributed by atoms with Crippen LogP contribution in [0.3, 0.4) is 0 Å². The standard InChI is InChI=1S/C23H26N6O.HI/c1-15-11-16(2)29(28-15)22-10-9-18(12-25-22)13-26-23(24-4)27-14-21-17(3)19-7-5-6-8-20(19)30-21;/h5-12H,13-14H2,1-4H3,(H2,24,26,27);1H. The van der Waals surface area contributed by atoms with E-state index in [1.165, 1.54) is 0 Å². The van der Waals surface area contributed by atoms with Gasteiger partial charge in [-0.25, -0.2) is 9.67 Å². The summed E-state index contributed by atoms with van der Waals surface area (Å²) in [5, 5.41) is 12.3. The number of hydrogen-bond donors (Lipinski definition) is 2. The van der Waals surface area contributed by atoms with Crippen LogP contribution in [0.2, 0.25) is 0 Å². The van der Waals surface area contributed by atoms with Gasteiger partial charge in [0.05, 0.1) is 12.2 Å². The van der Waals surface area contributed by atoms with Crippen LogP contribution >= 0.6 is 24.0 Å². The van der Waals surface area contributed by atoms with Crippen molar-refractivity contribution in [2.24, 2.45) is 4.99 Å². The van der Waals surface area contributed by atoms with Crippen molar-refractivity contribution in [2.75, 3.05) is 7.05 Å². The molecule has 0 aliphatic rings. The van der Waals surface area contributed by atoms with Gasteiger partial charge >= 0.3 is 0 Å². The van der Waals surface area contributed by atoms with Crippen LogP contribution in [0.15, 0.2) is 58.1 Å². The molecule has 162 valence electrons. The molecule has 2 N–H and O–H groups in total. The van der Waals surface area contributed by atoms with Crippen molar-refractivity contribution in [1.29, 1.82) is 0 Å². The lowest BCUT2D eigenvalue weighted by atomic mass is 10.1. The molecule has 0 amide bonds. The van der Waals surface area contributed by atoms with Crippen LogP contribution in [-0.2, 0) is 13.1 Å². The van der Waals surface area contributed by atoms with Crippen molar-refractivity contribution >= 4 is 40.9 Å². The number of aliphatic imine (C=N–C) groups is 1. The fraction of sp³-hybridized carbons (Fsp3) is 0.261. The third kappa shape index (κ3) is 5.07. The largest absolute Gasteiger partial charge is 0.459 e. The maximum Gasteiger partial charge on any atom is 0.191 e. The van der Waals surface area contributed by atoms with Gasteiger partial charge in [-0.2, -0.15) is 5.10 Å². The molecule has 4 aromatic rings. The van der Waals surface area contributed by atoms with Crippen LogP contribution in [0.1, 0.15) is 28.3 Å². The molecule has 31 heavy (non-hydrogen) atoms. The van der Waals surface area contributed by atoms with Gasteiger partial charge in [0, 0.05) is 36.4 Å². The summed E-state index contributed by atoms with van der Waals surface area (Å²) in [5.41, 5.74) is 5.16. The summed E-state index contributed by atoms with van der Waals surface area (Å²) in [6, 6.07) is 14.1. The van der Waals surface area contributed by atoms with E-state index in [0.717, 1.165) is 45.1 Å². The van der Waals surface area contributed by atoms with Crippen molar-refractivity contribution < 1.29 is 4.42 Å². The van der Waals surface area contributed by atoms with E-state index in [4.69, 9.17) is 4.42 Å². The molecule has 0 unspecified atom stereocenters. The lowest BCUT2D eigenvalue weighted by molar-refractivity contribution is 0.534. The quantitative estimate of drug-likeness (QED) is 0.227. The number of guanidine groups is 1. The van der Waals surface area contributed by atoms with E-state index < -0.39 is 0 Å². The van der Waals surface area contributed by atoms with Gasteiger partial charge in [0.1, 0.15) is 11.3 Å². The number of nitrogens with one attached hydrogen (secondary N) is 2. The molecule has 0 atom stereocenters. The Morgan fingerprint density at radius 2 is 1.84 bits per heavy atom. The lowest BCUT2D eigenvalue weighted by Crippen LogP contribution is -2.36. The van der Waals surface area contributed by atoms with Gasteiger partial charge < -0.3 is 15.1 Å². The number of rotatable bonds is 5. The molecule has 0 fully saturated rings. The number of halogens is 1. The molecule has 7 nitrogen and oxygen atoms in total. The van der Waals surface area contributed by atoms with Crippen LogP contribution in [0.5, 0.6) is 0 Å². The molecule has 3 heterocycles. The first-order valence-electron chi connectivity index (χ1n) is 9.95. The van der Waals surface area contributed by atoms with Gasteiger partial charge in [0.25, 0.3) is 0 Å². The zero-order valence-electron chi connectivity index (χ0n) is 18.1. The van der Waals surface area contributed by atoms with E-state index in [0.29, 0.717) is 19.0 Å². The Hall–Kier alpha value is -2.88. The first-order chi connectivity index (χ1) is 14.5. The van der Waals surface area contributed by atoms with E-state index in [-0.39, 0.29) is 24.0 Å². The van der Waals surface area contributed by atoms with E-state index >= 15 is 0 Å². The first-order valence-corrected chi connectivity index (χ1v) is 9.95. The molecule has 0 radical (unpaired) electrons. The fourth-order valence-corrected chi connectivity index (χ4v) is 3.47. The maximum absolute atomic E-state index is 5.96. The molecule has 8 heteroatoms. The number of furan rings is 1. The third-order valence-electron chi connectivity index (χ3n) is 5.08. The highest BCUT2D eigenvalue weighted by atomic mass is 127. The smallest absolute Gasteiger partial charge is 0.191 e. The summed E-state index contributed by atoms with van der Waals surface area (Å²) >= 11 is 0. The minimum Gasteiger partial charge on any atom is -0.459 e. The summed E-state index contributed by atoms with van der Waals surface area (Å²) < 4.78 is 7.81. The predicted octanol–water partition coefficient (Wildman–Crippen LogP) is 4.42. The van der Waals surface area contributed by atoms with Crippen molar-refractivity contribution in [1.82, 2.24) is 25.4 Å². The Morgan fingerprint density at radius 1 is 1.06 bits per heavy atom. The third-order valence-corrected chi connectivity index (χ3v) is 5.08. The lowest BCUT2D eigenvalue weighted by Gasteiger charge is -2.11. The summed E-state index contributed by atoms with van der Waals surface area (Å²) in [6.07, 6.45) is 1.86. The minimum absolute atomic E-state index is 0. The number of benzene rings is 1. The van der Waals surface area contributed by atoms with Crippen molar-refractivity contribution in [3.8, 4) is 5.82 Å². The second-order valence-electron chi connectivity index (χ2n) is 7.29. The maximum atomic E-state index is 5.96. The monoisotopic (exact) mass is 530 g/mol. The molecule has 0 bridgehead atoms. The molecule has 4 rings (SSSR count). The average Bonchev–Trinajstić information content (AvgIpc) is 3.27. The number of pyridine rings is 1. The normalized spacial score (nSPS) is 11.4. The Kier molecular flexibility index (Phi) is 7.32. The number of aromatic nitrogens is 3. The molecule has 0 saturated heterocycles. The van der Waals surface area contributed by atoms with E-state index in [2.05, 4.69) is 38.7 Å². The van der Waals surface area contributed by atoms with Crippen LogP contribution in [0.4, 0.5) is 0 Å². The molecule has 0 saturated carbocycles. The molecule has 3 aromatic heterocycles. The van der Waals surface area contributed by atoms with Crippen molar-refractivity contribution in [3.05, 3.63) is 76.9 Å². The topological polar surface area (TPSA) is 80.3 Å². The fourth-order valence-electron chi connectivity index (χ4n) is 3.47. The van der Waals surface area contributed by atoms with E-state index in [1.54, 1.807) is 7.05 Å². The highest BCUT2D eigenvalue weighted by Gasteiger charge is 2.10. The Morgan fingerprint density at radius 3 is 2.48 bits per heavy atom. The number of para-hydroxylation sites is 1. The second-order valence-corrected chi connectivity index (χ2v) is 7.29. The molecule has 0 spiro atoms. The number of fused-ring (bicyclic) bond motifs is 1. The second kappa shape index (κ2) is 9.95. The summed E-state index contributed by atoms with van der Waals surface area (Å²) in [5.74, 6) is 2.43. The average molecular weight is 530 g/mol. The zero-order chi connectivity index (χ0) is 21.1. The van der Waals surface area contributed by atoms with E-state index in [9.17, 15) is 0 Å². The number of nitrogens with zero attached hydrogens (tertiary/aromatic N) is 4. The molecule has 0 aliphatic carbocycles. The SMILES string of the molecule is CN=C(NCc1ccc(-n2nc(C)cc2C)nc1)NCc1oc2ccccc2c1C.I. The van der Waals surface area contributed by atoms with Crippen LogP contribution in [0.25, 0.3) is 16.8 Å². The number of hydrogen-bond acceptors (Lipinski definition) is 4. The summed E-state index contributed by atoms with van der Waals surface area (Å²) in [4.78, 5) is 8.84. The molecular formula is C23H27IN6O. The zero-order valence-corrected chi connectivity index (χ0v) is 20.5. The highest BCUT2D eigenvalue weighted by Crippen LogP contribution is 2.24. The Balaban J connectivity index is 0.00000272. The summed E-state index contributed by atoms with van der Waals surface area (Å²) in [7, 11) is 1.75. The van der Waals surface area contributed by atoms with Crippen LogP contribution < -0.4 is 10.6 Å². The predicted molar refractivity (Wildman–Crippen MR) is 134 cm³/mol. The highest BCUT2D eigenvalue weighted by molar-refractivity contribution is 14.0. The Labute approximate surface area is 199 Å².